The maximum absolute atomic E-state index is 4.08. The maximum Gasteiger partial charge on any atom is 0.146 e. The van der Waals surface area contributed by atoms with Crippen molar-refractivity contribution in [1.29, 1.82) is 0 Å². The zero-order valence-corrected chi connectivity index (χ0v) is 39.8. The summed E-state index contributed by atoms with van der Waals surface area (Å²) in [5.74, 6) is 7.86. The van der Waals surface area contributed by atoms with E-state index in [1.165, 1.54) is 10.8 Å². The third kappa shape index (κ3) is 6.51. The van der Waals surface area contributed by atoms with Crippen LogP contribution in [-0.4, -0.2) is 16.1 Å². The van der Waals surface area contributed by atoms with Crippen LogP contribution in [0.4, 0.5) is 22.7 Å². The molecule has 5 rings (SSSR count). The van der Waals surface area contributed by atoms with Crippen LogP contribution in [0.2, 0.25) is 33.2 Å². The summed E-state index contributed by atoms with van der Waals surface area (Å²) in [5.41, 5.74) is 17.3. The average Bonchev–Trinajstić information content (AvgIpc) is 3.05. The molecule has 2 N–H and O–H groups in total. The Morgan fingerprint density at radius 3 is 1.04 bits per heavy atom. The number of hydrogen-bond acceptors (Lipinski definition) is 2. The van der Waals surface area contributed by atoms with Crippen molar-refractivity contribution in [3.8, 4) is 22.9 Å². The molecule has 1 aliphatic heterocycles. The summed E-state index contributed by atoms with van der Waals surface area (Å²) in [7, 11) is -4.12. The molecule has 0 spiro atoms. The molecule has 0 radical (unpaired) electrons. The molecule has 0 aliphatic carbocycles. The van der Waals surface area contributed by atoms with E-state index < -0.39 is 16.1 Å². The second kappa shape index (κ2) is 15.1. The topological polar surface area (TPSA) is 24.1 Å². The van der Waals surface area contributed by atoms with Gasteiger partial charge in [-0.2, -0.15) is 0 Å². The first-order valence-corrected chi connectivity index (χ1v) is 25.5. The van der Waals surface area contributed by atoms with Gasteiger partial charge >= 0.3 is 0 Å². The molecule has 0 saturated carbocycles. The van der Waals surface area contributed by atoms with Gasteiger partial charge in [0.2, 0.25) is 0 Å². The smallest absolute Gasteiger partial charge is 0.146 e. The van der Waals surface area contributed by atoms with Gasteiger partial charge in [-0.15, -0.1) is 11.1 Å². The van der Waals surface area contributed by atoms with Crippen LogP contribution in [0, 0.1) is 22.9 Å². The molecule has 0 unspecified atom stereocenters. The highest BCUT2D eigenvalue weighted by atomic mass is 79.9. The van der Waals surface area contributed by atoms with E-state index in [4.69, 9.17) is 0 Å². The van der Waals surface area contributed by atoms with Crippen LogP contribution in [0.3, 0.4) is 0 Å². The Balaban J connectivity index is 2.01. The molecule has 4 aromatic rings. The highest BCUT2D eigenvalue weighted by Gasteiger charge is 2.43. The van der Waals surface area contributed by atoms with Gasteiger partial charge in [-0.05, 0) is 120 Å². The summed E-state index contributed by atoms with van der Waals surface area (Å²) in [6.07, 6.45) is 0. The molecule has 0 saturated heterocycles. The van der Waals surface area contributed by atoms with Crippen LogP contribution in [0.5, 0.6) is 0 Å². The zero-order valence-electron chi connectivity index (χ0n) is 31.4. The lowest BCUT2D eigenvalue weighted by Gasteiger charge is -2.38. The fourth-order valence-corrected chi connectivity index (χ4v) is 21.7. The fourth-order valence-electron chi connectivity index (χ4n) is 9.01. The molecule has 8 heteroatoms. The number of benzene rings is 4. The first-order valence-electron chi connectivity index (χ1n) is 17.9. The SMILES string of the molecule is CC(C)[Si](C#Cc1c2c(c(C#C[Si](C(C)C)(C(C)C)C(C)C)c3cc4ccccc4cc13)Nc1c(Br)c(Br)c(Br)c(Br)c1N2)(C(C)C)C(C)C. The highest BCUT2D eigenvalue weighted by Crippen LogP contribution is 2.55. The number of rotatable bonds is 6. The van der Waals surface area contributed by atoms with Gasteiger partial charge in [-0.1, -0.05) is 119 Å². The minimum Gasteiger partial charge on any atom is -0.350 e. The van der Waals surface area contributed by atoms with Gasteiger partial charge in [0.1, 0.15) is 16.1 Å². The highest BCUT2D eigenvalue weighted by molar-refractivity contribution is 9.15. The molecule has 0 atom stereocenters. The van der Waals surface area contributed by atoms with Crippen molar-refractivity contribution in [3.05, 3.63) is 65.4 Å². The number of nitrogens with one attached hydrogen (secondary N) is 2. The minimum atomic E-state index is -2.06. The molecule has 0 amide bonds. The van der Waals surface area contributed by atoms with Crippen LogP contribution < -0.4 is 10.6 Å². The number of anilines is 4. The second-order valence-electron chi connectivity index (χ2n) is 15.8. The molecule has 0 bridgehead atoms. The summed E-state index contributed by atoms with van der Waals surface area (Å²) in [6, 6.07) is 13.4. The summed E-state index contributed by atoms with van der Waals surface area (Å²) in [5, 5.41) is 12.5. The van der Waals surface area contributed by atoms with Gasteiger partial charge in [0.15, 0.2) is 0 Å². The van der Waals surface area contributed by atoms with Crippen molar-refractivity contribution in [2.75, 3.05) is 10.6 Å². The first kappa shape index (κ1) is 39.7. The predicted molar refractivity (Wildman–Crippen MR) is 241 cm³/mol. The van der Waals surface area contributed by atoms with E-state index in [-0.39, 0.29) is 0 Å². The van der Waals surface area contributed by atoms with Crippen molar-refractivity contribution < 1.29 is 0 Å². The van der Waals surface area contributed by atoms with Crippen LogP contribution in [0.15, 0.2) is 54.3 Å². The third-order valence-electron chi connectivity index (χ3n) is 11.5. The quantitative estimate of drug-likeness (QED) is 0.0583. The maximum atomic E-state index is 4.08. The molecule has 0 fully saturated rings. The largest absolute Gasteiger partial charge is 0.350 e. The van der Waals surface area contributed by atoms with Gasteiger partial charge < -0.3 is 10.6 Å². The Kier molecular flexibility index (Phi) is 12.0. The molecule has 1 aliphatic rings. The minimum absolute atomic E-state index is 0.523. The Hall–Kier alpha value is -1.53. The average molecular weight is 959 g/mol. The Morgan fingerprint density at radius 1 is 0.460 bits per heavy atom. The summed E-state index contributed by atoms with van der Waals surface area (Å²) >= 11 is 15.4. The zero-order chi connectivity index (χ0) is 37.0. The van der Waals surface area contributed by atoms with Crippen LogP contribution in [0.25, 0.3) is 21.5 Å². The van der Waals surface area contributed by atoms with Crippen molar-refractivity contribution in [3.63, 3.8) is 0 Å². The van der Waals surface area contributed by atoms with Gasteiger partial charge in [-0.3, -0.25) is 0 Å². The van der Waals surface area contributed by atoms with E-state index in [9.17, 15) is 0 Å². The van der Waals surface area contributed by atoms with Crippen molar-refractivity contribution >= 4 is 124 Å². The van der Waals surface area contributed by atoms with E-state index in [0.717, 1.165) is 62.5 Å². The first-order chi connectivity index (χ1) is 23.4. The number of halogens is 4. The lowest BCUT2D eigenvalue weighted by atomic mass is 9.92. The van der Waals surface area contributed by atoms with Crippen LogP contribution >= 0.6 is 63.7 Å². The second-order valence-corrected chi connectivity index (χ2v) is 30.1. The third-order valence-corrected chi connectivity index (χ3v) is 28.8. The monoisotopic (exact) mass is 954 g/mol. The molecular formula is C42H50Br4N2Si2. The van der Waals surface area contributed by atoms with Crippen molar-refractivity contribution in [1.82, 2.24) is 0 Å². The van der Waals surface area contributed by atoms with Crippen LogP contribution in [-0.2, 0) is 0 Å². The fraction of sp³-hybridized carbons (Fsp3) is 0.429. The summed E-state index contributed by atoms with van der Waals surface area (Å²) in [4.78, 5) is 0. The predicted octanol–water partition coefficient (Wildman–Crippen LogP) is 16.0. The molecule has 50 heavy (non-hydrogen) atoms. The van der Waals surface area contributed by atoms with Gasteiger partial charge in [0.25, 0.3) is 0 Å². The van der Waals surface area contributed by atoms with E-state index in [2.05, 4.69) is 217 Å². The Labute approximate surface area is 336 Å². The lowest BCUT2D eigenvalue weighted by molar-refractivity contribution is 0.838. The van der Waals surface area contributed by atoms with E-state index in [0.29, 0.717) is 33.2 Å². The van der Waals surface area contributed by atoms with Crippen molar-refractivity contribution in [2.45, 2.75) is 116 Å². The van der Waals surface area contributed by atoms with Gasteiger partial charge in [0.05, 0.1) is 42.8 Å². The lowest BCUT2D eigenvalue weighted by Crippen LogP contribution is -2.43. The standard InChI is InChI=1S/C42H50Br4N2Si2/c1-23(2)49(24(3)4,25(5)6)19-17-31-33-21-29-15-13-14-16-30(29)22-34(33)32(18-20-50(26(7)8,27(9)10)28(11)12)40-39(31)47-41-37(45)35(43)36(44)38(46)42(41)48-40/h13-16,21-28,47-48H,1-12H3. The van der Waals surface area contributed by atoms with E-state index in [1.54, 1.807) is 0 Å². The van der Waals surface area contributed by atoms with Gasteiger partial charge in [0, 0.05) is 19.7 Å². The molecule has 0 aromatic heterocycles. The van der Waals surface area contributed by atoms with Crippen LogP contribution in [0.1, 0.15) is 94.2 Å². The van der Waals surface area contributed by atoms with Gasteiger partial charge in [-0.25, -0.2) is 0 Å². The Bertz CT molecular complexity index is 1920. The molecule has 2 nitrogen and oxygen atoms in total. The number of fused-ring (bicyclic) bond motifs is 4. The molecule has 1 heterocycles. The molecule has 264 valence electrons. The van der Waals surface area contributed by atoms with E-state index >= 15 is 0 Å². The number of hydrogen-bond donors (Lipinski definition) is 2. The molecule has 4 aromatic carbocycles. The van der Waals surface area contributed by atoms with E-state index in [1.807, 2.05) is 0 Å². The normalized spacial score (nSPS) is 13.1. The molecular weight excluding hydrogens is 908 g/mol. The summed E-state index contributed by atoms with van der Waals surface area (Å²) < 4.78 is 3.75. The summed E-state index contributed by atoms with van der Waals surface area (Å²) in [6.45, 7) is 28.6. The Morgan fingerprint density at radius 2 is 0.760 bits per heavy atom. The van der Waals surface area contributed by atoms with Crippen molar-refractivity contribution in [2.24, 2.45) is 0 Å².